The van der Waals surface area contributed by atoms with E-state index in [1.807, 2.05) is 24.3 Å². The van der Waals surface area contributed by atoms with Crippen LogP contribution in [0.3, 0.4) is 0 Å². The summed E-state index contributed by atoms with van der Waals surface area (Å²) < 4.78 is 41.4. The molecule has 2 N–H and O–H groups in total. The molecule has 2 aromatic carbocycles. The zero-order chi connectivity index (χ0) is 20.8. The molecule has 0 saturated heterocycles. The molecule has 2 aliphatic rings. The number of Topliss-reactive ketones (excluding diaryl/α,β-unsaturated/α-hetero) is 1. The standard InChI is InChI=1S/C22H21F3N2O2/c1-21(2)11-17-19(18(28)12-21)20(27-16-6-4-3-5-15(16)26-17)13-7-9-14(10-8-13)29-22(23,24)25/h3-10,20,26-27H,11-12H2,1-2H3/t20-/m0/s1. The van der Waals surface area contributed by atoms with Crippen LogP contribution in [0, 0.1) is 5.41 Å². The molecule has 1 aliphatic carbocycles. The molecule has 1 heterocycles. The minimum Gasteiger partial charge on any atom is -0.406 e. The molecule has 152 valence electrons. The van der Waals surface area contributed by atoms with Crippen LogP contribution < -0.4 is 15.4 Å². The molecule has 0 bridgehead atoms. The normalized spacial score (nSPS) is 20.7. The molecule has 0 radical (unpaired) electrons. The van der Waals surface area contributed by atoms with E-state index in [1.165, 1.54) is 12.1 Å². The van der Waals surface area contributed by atoms with Gasteiger partial charge >= 0.3 is 6.36 Å². The van der Waals surface area contributed by atoms with Gasteiger partial charge in [-0.1, -0.05) is 38.1 Å². The fraction of sp³-hybridized carbons (Fsp3) is 0.318. The Morgan fingerprint density at radius 3 is 2.31 bits per heavy atom. The van der Waals surface area contributed by atoms with Crippen molar-refractivity contribution in [1.82, 2.24) is 0 Å². The molecule has 1 aliphatic heterocycles. The number of benzene rings is 2. The van der Waals surface area contributed by atoms with Crippen LogP contribution in [0.1, 0.15) is 38.3 Å². The first kappa shape index (κ1) is 19.4. The predicted molar refractivity (Wildman–Crippen MR) is 105 cm³/mol. The molecule has 0 unspecified atom stereocenters. The van der Waals surface area contributed by atoms with Gasteiger partial charge in [0.25, 0.3) is 0 Å². The maximum absolute atomic E-state index is 13.1. The number of carbonyl (C=O) groups is 1. The lowest BCUT2D eigenvalue weighted by Crippen LogP contribution is -2.31. The summed E-state index contributed by atoms with van der Waals surface area (Å²) in [5.74, 6) is -0.261. The number of alkyl halides is 3. The summed E-state index contributed by atoms with van der Waals surface area (Å²) in [6, 6.07) is 12.8. The highest BCUT2D eigenvalue weighted by atomic mass is 19.4. The Hall–Kier alpha value is -2.96. The number of nitrogens with one attached hydrogen (secondary N) is 2. The van der Waals surface area contributed by atoms with Crippen LogP contribution in [0.2, 0.25) is 0 Å². The van der Waals surface area contributed by atoms with Crippen LogP contribution in [-0.4, -0.2) is 12.1 Å². The van der Waals surface area contributed by atoms with Gasteiger partial charge in [-0.15, -0.1) is 13.2 Å². The Balaban J connectivity index is 1.77. The largest absolute Gasteiger partial charge is 0.573 e. The first-order valence-corrected chi connectivity index (χ1v) is 9.36. The number of carbonyl (C=O) groups excluding carboxylic acids is 1. The fourth-order valence-corrected chi connectivity index (χ4v) is 4.00. The molecule has 0 saturated carbocycles. The van der Waals surface area contributed by atoms with E-state index in [-0.39, 0.29) is 16.9 Å². The van der Waals surface area contributed by atoms with Gasteiger partial charge < -0.3 is 15.4 Å². The van der Waals surface area contributed by atoms with Gasteiger partial charge in [-0.2, -0.15) is 0 Å². The molecule has 4 nitrogen and oxygen atoms in total. The molecular formula is C22H21F3N2O2. The van der Waals surface area contributed by atoms with Gasteiger partial charge in [-0.3, -0.25) is 4.79 Å². The number of allylic oxidation sites excluding steroid dienone is 1. The number of anilines is 2. The zero-order valence-electron chi connectivity index (χ0n) is 16.1. The number of hydrogen-bond acceptors (Lipinski definition) is 4. The maximum atomic E-state index is 13.1. The van der Waals surface area contributed by atoms with E-state index in [2.05, 4.69) is 29.2 Å². The molecule has 4 rings (SSSR count). The number of halogens is 3. The van der Waals surface area contributed by atoms with E-state index in [4.69, 9.17) is 0 Å². The van der Waals surface area contributed by atoms with Crippen molar-refractivity contribution in [3.05, 3.63) is 65.4 Å². The van der Waals surface area contributed by atoms with Crippen LogP contribution in [0.25, 0.3) is 0 Å². The Labute approximate surface area is 166 Å². The smallest absolute Gasteiger partial charge is 0.406 e. The second kappa shape index (κ2) is 6.83. The first-order chi connectivity index (χ1) is 13.6. The highest BCUT2D eigenvalue weighted by Gasteiger charge is 2.38. The monoisotopic (exact) mass is 402 g/mol. The molecule has 0 spiro atoms. The van der Waals surface area contributed by atoms with Crippen LogP contribution in [0.5, 0.6) is 5.75 Å². The molecule has 2 aromatic rings. The van der Waals surface area contributed by atoms with E-state index < -0.39 is 12.4 Å². The van der Waals surface area contributed by atoms with Crippen molar-refractivity contribution >= 4 is 17.2 Å². The summed E-state index contributed by atoms with van der Waals surface area (Å²) in [6.45, 7) is 4.11. The van der Waals surface area contributed by atoms with Gasteiger partial charge in [0, 0.05) is 17.7 Å². The zero-order valence-corrected chi connectivity index (χ0v) is 16.1. The number of ether oxygens (including phenoxy) is 1. The summed E-state index contributed by atoms with van der Waals surface area (Å²) in [5.41, 5.74) is 3.70. The maximum Gasteiger partial charge on any atom is 0.573 e. The van der Waals surface area contributed by atoms with E-state index >= 15 is 0 Å². The lowest BCUT2D eigenvalue weighted by atomic mass is 9.73. The fourth-order valence-electron chi connectivity index (χ4n) is 4.00. The van der Waals surface area contributed by atoms with E-state index in [0.717, 1.165) is 17.1 Å². The number of ketones is 1. The van der Waals surface area contributed by atoms with E-state index in [0.29, 0.717) is 24.0 Å². The highest BCUT2D eigenvalue weighted by Crippen LogP contribution is 2.45. The molecule has 7 heteroatoms. The Kier molecular flexibility index (Phi) is 4.56. The van der Waals surface area contributed by atoms with Crippen molar-refractivity contribution in [2.45, 2.75) is 39.1 Å². The van der Waals surface area contributed by atoms with Crippen LogP contribution in [-0.2, 0) is 4.79 Å². The number of hydrogen-bond donors (Lipinski definition) is 2. The van der Waals surface area contributed by atoms with Crippen LogP contribution in [0.4, 0.5) is 24.5 Å². The number of fused-ring (bicyclic) bond motifs is 1. The Morgan fingerprint density at radius 1 is 1.00 bits per heavy atom. The second-order valence-electron chi connectivity index (χ2n) is 8.20. The van der Waals surface area contributed by atoms with Gasteiger partial charge in [-0.25, -0.2) is 0 Å². The third kappa shape index (κ3) is 4.09. The molecule has 29 heavy (non-hydrogen) atoms. The van der Waals surface area contributed by atoms with Gasteiger partial charge in [0.1, 0.15) is 5.75 Å². The quantitative estimate of drug-likeness (QED) is 0.666. The average molecular weight is 402 g/mol. The molecule has 0 aromatic heterocycles. The lowest BCUT2D eigenvalue weighted by molar-refractivity contribution is -0.274. The summed E-state index contributed by atoms with van der Waals surface area (Å²) in [5, 5.41) is 6.81. The number of para-hydroxylation sites is 2. The third-order valence-electron chi connectivity index (χ3n) is 5.17. The molecule has 0 amide bonds. The van der Waals surface area contributed by atoms with Crippen molar-refractivity contribution < 1.29 is 22.7 Å². The average Bonchev–Trinajstić information content (AvgIpc) is 2.76. The van der Waals surface area contributed by atoms with Crippen molar-refractivity contribution in [3.8, 4) is 5.75 Å². The van der Waals surface area contributed by atoms with Gasteiger partial charge in [-0.05, 0) is 41.7 Å². The summed E-state index contributed by atoms with van der Waals surface area (Å²) in [6.07, 6.45) is -3.63. The molecule has 0 fully saturated rings. The van der Waals surface area contributed by atoms with Crippen molar-refractivity contribution in [1.29, 1.82) is 0 Å². The highest BCUT2D eigenvalue weighted by molar-refractivity contribution is 6.01. The summed E-state index contributed by atoms with van der Waals surface area (Å²) in [4.78, 5) is 13.1. The minimum atomic E-state index is -4.74. The van der Waals surface area contributed by atoms with Crippen molar-refractivity contribution in [2.75, 3.05) is 10.6 Å². The molecular weight excluding hydrogens is 381 g/mol. The first-order valence-electron chi connectivity index (χ1n) is 9.36. The number of rotatable bonds is 2. The topological polar surface area (TPSA) is 50.4 Å². The van der Waals surface area contributed by atoms with Gasteiger partial charge in [0.05, 0.1) is 17.4 Å². The molecule has 1 atom stereocenters. The van der Waals surface area contributed by atoms with Crippen molar-refractivity contribution in [3.63, 3.8) is 0 Å². The summed E-state index contributed by atoms with van der Waals surface area (Å²) in [7, 11) is 0. The Bertz CT molecular complexity index is 978. The second-order valence-corrected chi connectivity index (χ2v) is 8.20. The van der Waals surface area contributed by atoms with Crippen LogP contribution >= 0.6 is 0 Å². The minimum absolute atomic E-state index is 0.0321. The van der Waals surface area contributed by atoms with Gasteiger partial charge in [0.2, 0.25) is 0 Å². The van der Waals surface area contributed by atoms with Gasteiger partial charge in [0.15, 0.2) is 5.78 Å². The van der Waals surface area contributed by atoms with Crippen LogP contribution in [0.15, 0.2) is 59.8 Å². The summed E-state index contributed by atoms with van der Waals surface area (Å²) >= 11 is 0. The van der Waals surface area contributed by atoms with E-state index in [1.54, 1.807) is 12.1 Å². The predicted octanol–water partition coefficient (Wildman–Crippen LogP) is 5.81. The lowest BCUT2D eigenvalue weighted by Gasteiger charge is -2.34. The van der Waals surface area contributed by atoms with E-state index in [9.17, 15) is 18.0 Å². The van der Waals surface area contributed by atoms with Crippen molar-refractivity contribution in [2.24, 2.45) is 5.41 Å². The SMILES string of the molecule is CC1(C)CC(=O)C2=C(C1)Nc1ccccc1N[C@H]2c1ccc(OC(F)(F)F)cc1. The third-order valence-corrected chi connectivity index (χ3v) is 5.17. The Morgan fingerprint density at radius 2 is 1.66 bits per heavy atom.